The van der Waals surface area contributed by atoms with Gasteiger partial charge in [0, 0.05) is 25.0 Å². The number of benzene rings is 1. The molecular weight excluding hydrogens is 260 g/mol. The first kappa shape index (κ1) is 14.1. The van der Waals surface area contributed by atoms with Gasteiger partial charge in [-0.25, -0.2) is 0 Å². The maximum atomic E-state index is 5.33. The Morgan fingerprint density at radius 2 is 2.19 bits per heavy atom. The van der Waals surface area contributed by atoms with Gasteiger partial charge in [-0.3, -0.25) is 4.98 Å². The van der Waals surface area contributed by atoms with Crippen LogP contribution in [-0.4, -0.2) is 18.1 Å². The zero-order valence-electron chi connectivity index (χ0n) is 12.7. The first-order valence-corrected chi connectivity index (χ1v) is 7.55. The van der Waals surface area contributed by atoms with Gasteiger partial charge < -0.3 is 10.1 Å². The second-order valence-corrected chi connectivity index (χ2v) is 5.76. The molecule has 3 nitrogen and oxygen atoms in total. The molecule has 1 unspecified atom stereocenters. The fraction of sp³-hybridized carbons (Fsp3) is 0.389. The molecule has 1 aliphatic rings. The zero-order valence-corrected chi connectivity index (χ0v) is 12.7. The minimum Gasteiger partial charge on any atom is -0.497 e. The van der Waals surface area contributed by atoms with E-state index in [9.17, 15) is 0 Å². The SMILES string of the molecule is COc1ccc2c(c1)CC(NCc1ccncc1C)CC2. The molecule has 2 aromatic rings. The van der Waals surface area contributed by atoms with Crippen molar-refractivity contribution in [2.24, 2.45) is 0 Å². The van der Waals surface area contributed by atoms with Crippen molar-refractivity contribution >= 4 is 0 Å². The summed E-state index contributed by atoms with van der Waals surface area (Å²) in [4.78, 5) is 4.15. The highest BCUT2D eigenvalue weighted by Gasteiger charge is 2.18. The maximum Gasteiger partial charge on any atom is 0.119 e. The quantitative estimate of drug-likeness (QED) is 0.936. The molecule has 3 rings (SSSR count). The standard InChI is InChI=1S/C18H22N2O/c1-13-11-19-8-7-15(13)12-20-17-5-3-14-4-6-18(21-2)10-16(14)9-17/h4,6-8,10-11,17,20H,3,5,9,12H2,1-2H3. The van der Waals surface area contributed by atoms with Crippen molar-refractivity contribution in [2.45, 2.75) is 38.8 Å². The van der Waals surface area contributed by atoms with Gasteiger partial charge in [0.25, 0.3) is 0 Å². The number of pyridine rings is 1. The molecule has 110 valence electrons. The number of nitrogens with one attached hydrogen (secondary N) is 1. The van der Waals surface area contributed by atoms with E-state index in [1.165, 1.54) is 28.7 Å². The van der Waals surface area contributed by atoms with Gasteiger partial charge in [-0.05, 0) is 66.6 Å². The lowest BCUT2D eigenvalue weighted by molar-refractivity contribution is 0.411. The largest absolute Gasteiger partial charge is 0.497 e. The highest BCUT2D eigenvalue weighted by atomic mass is 16.5. The molecule has 0 saturated heterocycles. The van der Waals surface area contributed by atoms with Gasteiger partial charge in [-0.2, -0.15) is 0 Å². The number of fused-ring (bicyclic) bond motifs is 1. The summed E-state index contributed by atoms with van der Waals surface area (Å²) in [7, 11) is 1.73. The van der Waals surface area contributed by atoms with E-state index >= 15 is 0 Å². The van der Waals surface area contributed by atoms with Gasteiger partial charge in [0.15, 0.2) is 0 Å². The molecule has 3 heteroatoms. The van der Waals surface area contributed by atoms with Gasteiger partial charge in [0.2, 0.25) is 0 Å². The molecule has 0 aliphatic heterocycles. The first-order chi connectivity index (χ1) is 10.3. The van der Waals surface area contributed by atoms with Crippen LogP contribution in [0.5, 0.6) is 5.75 Å². The van der Waals surface area contributed by atoms with Crippen molar-refractivity contribution in [2.75, 3.05) is 7.11 Å². The third-order valence-corrected chi connectivity index (χ3v) is 4.36. The average molecular weight is 282 g/mol. The number of hydrogen-bond acceptors (Lipinski definition) is 3. The third kappa shape index (κ3) is 3.24. The summed E-state index contributed by atoms with van der Waals surface area (Å²) >= 11 is 0. The Bertz CT molecular complexity index is 624. The predicted molar refractivity (Wildman–Crippen MR) is 84.6 cm³/mol. The predicted octanol–water partition coefficient (Wildman–Crippen LogP) is 3.05. The lowest BCUT2D eigenvalue weighted by Gasteiger charge is -2.26. The van der Waals surface area contributed by atoms with E-state index in [1.807, 2.05) is 12.4 Å². The van der Waals surface area contributed by atoms with E-state index < -0.39 is 0 Å². The molecule has 0 amide bonds. The van der Waals surface area contributed by atoms with Crippen LogP contribution in [-0.2, 0) is 19.4 Å². The lowest BCUT2D eigenvalue weighted by Crippen LogP contribution is -2.34. The number of nitrogens with zero attached hydrogens (tertiary/aromatic N) is 1. The molecule has 1 aromatic heterocycles. The van der Waals surface area contributed by atoms with Crippen molar-refractivity contribution in [3.63, 3.8) is 0 Å². The Kier molecular flexibility index (Phi) is 4.20. The Hall–Kier alpha value is -1.87. The first-order valence-electron chi connectivity index (χ1n) is 7.55. The van der Waals surface area contributed by atoms with Crippen LogP contribution in [0.4, 0.5) is 0 Å². The van der Waals surface area contributed by atoms with E-state index in [-0.39, 0.29) is 0 Å². The molecular formula is C18H22N2O. The molecule has 0 bridgehead atoms. The van der Waals surface area contributed by atoms with Crippen LogP contribution in [0.2, 0.25) is 0 Å². The number of aromatic nitrogens is 1. The summed E-state index contributed by atoms with van der Waals surface area (Å²) in [6.45, 7) is 3.03. The highest BCUT2D eigenvalue weighted by Crippen LogP contribution is 2.25. The van der Waals surface area contributed by atoms with Gasteiger partial charge in [0.1, 0.15) is 5.75 Å². The molecule has 0 spiro atoms. The van der Waals surface area contributed by atoms with Crippen LogP contribution >= 0.6 is 0 Å². The Balaban J connectivity index is 1.65. The topological polar surface area (TPSA) is 34.1 Å². The number of ether oxygens (including phenoxy) is 1. The van der Waals surface area contributed by atoms with E-state index in [0.29, 0.717) is 6.04 Å². The van der Waals surface area contributed by atoms with Crippen LogP contribution in [0, 0.1) is 6.92 Å². The fourth-order valence-corrected chi connectivity index (χ4v) is 2.99. The number of methoxy groups -OCH3 is 1. The molecule has 0 radical (unpaired) electrons. The lowest BCUT2D eigenvalue weighted by atomic mass is 9.88. The highest BCUT2D eigenvalue weighted by molar-refractivity contribution is 5.38. The summed E-state index contributed by atoms with van der Waals surface area (Å²) < 4.78 is 5.33. The summed E-state index contributed by atoms with van der Waals surface area (Å²) in [5.74, 6) is 0.958. The smallest absolute Gasteiger partial charge is 0.119 e. The van der Waals surface area contributed by atoms with Gasteiger partial charge in [-0.15, -0.1) is 0 Å². The van der Waals surface area contributed by atoms with E-state index in [1.54, 1.807) is 7.11 Å². The van der Waals surface area contributed by atoms with Crippen molar-refractivity contribution in [1.29, 1.82) is 0 Å². The van der Waals surface area contributed by atoms with Crippen LogP contribution in [0.3, 0.4) is 0 Å². The maximum absolute atomic E-state index is 5.33. The van der Waals surface area contributed by atoms with Gasteiger partial charge in [-0.1, -0.05) is 6.07 Å². The zero-order chi connectivity index (χ0) is 14.7. The van der Waals surface area contributed by atoms with E-state index in [2.05, 4.69) is 41.5 Å². The molecule has 1 aliphatic carbocycles. The number of aryl methyl sites for hydroxylation is 2. The van der Waals surface area contributed by atoms with E-state index in [0.717, 1.165) is 25.1 Å². The average Bonchev–Trinajstić information content (AvgIpc) is 2.53. The molecule has 1 N–H and O–H groups in total. The van der Waals surface area contributed by atoms with Crippen LogP contribution in [0.1, 0.15) is 28.7 Å². The van der Waals surface area contributed by atoms with Crippen LogP contribution in [0.15, 0.2) is 36.7 Å². The summed E-state index contributed by atoms with van der Waals surface area (Å²) in [5, 5.41) is 3.69. The Morgan fingerprint density at radius 1 is 1.29 bits per heavy atom. The van der Waals surface area contributed by atoms with Gasteiger partial charge >= 0.3 is 0 Å². The van der Waals surface area contributed by atoms with Crippen LogP contribution < -0.4 is 10.1 Å². The van der Waals surface area contributed by atoms with E-state index in [4.69, 9.17) is 4.74 Å². The molecule has 21 heavy (non-hydrogen) atoms. The Morgan fingerprint density at radius 3 is 3.00 bits per heavy atom. The minimum atomic E-state index is 0.539. The molecule has 0 saturated carbocycles. The van der Waals surface area contributed by atoms with Crippen molar-refractivity contribution < 1.29 is 4.74 Å². The molecule has 1 atom stereocenters. The summed E-state index contributed by atoms with van der Waals surface area (Å²) in [5.41, 5.74) is 5.47. The molecule has 1 heterocycles. The van der Waals surface area contributed by atoms with Crippen molar-refractivity contribution in [3.05, 3.63) is 58.9 Å². The number of hydrogen-bond donors (Lipinski definition) is 1. The second-order valence-electron chi connectivity index (χ2n) is 5.76. The van der Waals surface area contributed by atoms with Crippen molar-refractivity contribution in [3.8, 4) is 5.75 Å². The molecule has 0 fully saturated rings. The summed E-state index contributed by atoms with van der Waals surface area (Å²) in [6, 6.07) is 9.09. The monoisotopic (exact) mass is 282 g/mol. The number of rotatable bonds is 4. The molecule has 1 aromatic carbocycles. The fourth-order valence-electron chi connectivity index (χ4n) is 2.99. The second kappa shape index (κ2) is 6.27. The van der Waals surface area contributed by atoms with Crippen molar-refractivity contribution in [1.82, 2.24) is 10.3 Å². The summed E-state index contributed by atoms with van der Waals surface area (Å²) in [6.07, 6.45) is 7.22. The van der Waals surface area contributed by atoms with Gasteiger partial charge in [0.05, 0.1) is 7.11 Å². The Labute approximate surface area is 126 Å². The van der Waals surface area contributed by atoms with Crippen LogP contribution in [0.25, 0.3) is 0 Å². The normalized spacial score (nSPS) is 17.3. The minimum absolute atomic E-state index is 0.539. The third-order valence-electron chi connectivity index (χ3n) is 4.36.